The van der Waals surface area contributed by atoms with Crippen molar-refractivity contribution in [3.8, 4) is 5.75 Å². The van der Waals surface area contributed by atoms with Crippen LogP contribution in [-0.4, -0.2) is 110 Å². The van der Waals surface area contributed by atoms with Gasteiger partial charge in [-0.25, -0.2) is 9.59 Å². The molecule has 6 N–H and O–H groups in total. The van der Waals surface area contributed by atoms with E-state index in [0.717, 1.165) is 0 Å². The third kappa shape index (κ3) is 4.81. The van der Waals surface area contributed by atoms with Crippen LogP contribution in [0, 0.1) is 11.8 Å². The van der Waals surface area contributed by atoms with Gasteiger partial charge in [0.05, 0.1) is 17.5 Å². The van der Waals surface area contributed by atoms with Gasteiger partial charge in [-0.3, -0.25) is 24.2 Å². The number of aromatic hydroxyl groups is 1. The second-order valence-corrected chi connectivity index (χ2v) is 13.5. The number of hydrogen-bond donors (Lipinski definition) is 5. The number of likely N-dealkylation sites (N-methyl/N-ethyl adjacent to an activating group) is 1. The zero-order valence-corrected chi connectivity index (χ0v) is 26.4. The number of nitrogens with zero attached hydrogens (tertiary/aromatic N) is 2. The Bertz CT molecular complexity index is 1610. The lowest BCUT2D eigenvalue weighted by Gasteiger charge is -2.54. The van der Waals surface area contributed by atoms with Gasteiger partial charge in [-0.2, -0.15) is 0 Å². The van der Waals surface area contributed by atoms with E-state index in [1.807, 2.05) is 0 Å². The van der Waals surface area contributed by atoms with Crippen molar-refractivity contribution >= 4 is 29.5 Å². The number of rotatable bonds is 4. The molecule has 0 spiro atoms. The second kappa shape index (κ2) is 11.1. The molecule has 2 amide bonds. The van der Waals surface area contributed by atoms with Crippen LogP contribution >= 0.6 is 0 Å². The highest BCUT2D eigenvalue weighted by Crippen LogP contribution is 2.56. The van der Waals surface area contributed by atoms with Crippen LogP contribution in [0.1, 0.15) is 62.4 Å². The molecular weight excluding hydrogens is 602 g/mol. The SMILES string of the molecule is C[C@H]1c2cccc(O)c2C(=O)C2=C(O)[C@]3(O)C(=O)C(C(N)=O)=C(O)[C@@H](N(C)C)[C@@H]3[C@@H](OC(=O)C3CCCN3C(=O)OC(C)(C)C)[C@@H]21. The minimum atomic E-state index is -3.07. The van der Waals surface area contributed by atoms with E-state index in [0.29, 0.717) is 12.0 Å². The van der Waals surface area contributed by atoms with Crippen molar-refractivity contribution in [2.45, 2.75) is 75.8 Å². The molecule has 46 heavy (non-hydrogen) atoms. The highest BCUT2D eigenvalue weighted by molar-refractivity contribution is 6.25. The first-order valence-corrected chi connectivity index (χ1v) is 15.0. The normalized spacial score (nSPS) is 31.0. The van der Waals surface area contributed by atoms with Gasteiger partial charge in [0.15, 0.2) is 11.4 Å². The number of amides is 2. The standard InChI is InChI=1S/C32H39N3O11/c1-13-14-9-7-11-16(36)18(14)23(37)19-17(13)25(45-29(42)15-10-8-12-35(15)30(43)46-31(2,3)4)21-22(34(5)6)24(38)20(28(33)41)27(40)32(21,44)26(19)39/h7,9,11,13,15,17,21-22,25,36,38-39,44H,8,10,12H2,1-6H3,(H2,33,41)/t13-,15?,17+,21+,22-,25-,32-/m0/s1. The minimum Gasteiger partial charge on any atom is -0.510 e. The maximum atomic E-state index is 14.0. The van der Waals surface area contributed by atoms with E-state index in [1.165, 1.54) is 36.0 Å². The molecule has 1 unspecified atom stereocenters. The van der Waals surface area contributed by atoms with Gasteiger partial charge in [-0.15, -0.1) is 0 Å². The van der Waals surface area contributed by atoms with E-state index < -0.39 is 105 Å². The molecular formula is C32H39N3O11. The summed E-state index contributed by atoms with van der Waals surface area (Å²) >= 11 is 0. The maximum Gasteiger partial charge on any atom is 0.411 e. The number of carbonyl (C=O) groups is 5. The predicted octanol–water partition coefficient (Wildman–Crippen LogP) is 1.60. The first-order valence-electron chi connectivity index (χ1n) is 15.0. The van der Waals surface area contributed by atoms with Crippen LogP contribution in [-0.2, 0) is 23.9 Å². The van der Waals surface area contributed by atoms with Gasteiger partial charge >= 0.3 is 12.1 Å². The molecule has 3 aliphatic carbocycles. The smallest absolute Gasteiger partial charge is 0.411 e. The lowest BCUT2D eigenvalue weighted by atomic mass is 9.55. The number of Topliss-reactive ketones (excluding diaryl/α,β-unsaturated/α-hetero) is 2. The Hall–Kier alpha value is -4.43. The predicted molar refractivity (Wildman–Crippen MR) is 160 cm³/mol. The number of primary amides is 1. The molecule has 5 rings (SSSR count). The number of ether oxygens (including phenoxy) is 2. The number of aliphatic hydroxyl groups excluding tert-OH is 2. The van der Waals surface area contributed by atoms with Crippen LogP contribution in [0.4, 0.5) is 4.79 Å². The van der Waals surface area contributed by atoms with Crippen LogP contribution < -0.4 is 5.73 Å². The van der Waals surface area contributed by atoms with Gasteiger partial charge in [-0.1, -0.05) is 19.1 Å². The van der Waals surface area contributed by atoms with Crippen molar-refractivity contribution in [2.75, 3.05) is 20.6 Å². The van der Waals surface area contributed by atoms with Gasteiger partial charge < -0.3 is 35.6 Å². The molecule has 0 radical (unpaired) electrons. The van der Waals surface area contributed by atoms with Crippen LogP contribution in [0.2, 0.25) is 0 Å². The maximum absolute atomic E-state index is 14.0. The summed E-state index contributed by atoms with van der Waals surface area (Å²) < 4.78 is 11.6. The Morgan fingerprint density at radius 2 is 1.76 bits per heavy atom. The first-order chi connectivity index (χ1) is 21.3. The van der Waals surface area contributed by atoms with Crippen LogP contribution in [0.5, 0.6) is 5.75 Å². The van der Waals surface area contributed by atoms with Crippen molar-refractivity contribution in [3.05, 3.63) is 52.0 Å². The van der Waals surface area contributed by atoms with Gasteiger partial charge in [0.1, 0.15) is 40.6 Å². The number of fused-ring (bicyclic) bond motifs is 3. The van der Waals surface area contributed by atoms with Crippen LogP contribution in [0.25, 0.3) is 0 Å². The average molecular weight is 642 g/mol. The summed E-state index contributed by atoms with van der Waals surface area (Å²) in [6, 6.07) is 1.82. The van der Waals surface area contributed by atoms with E-state index in [2.05, 4.69) is 0 Å². The van der Waals surface area contributed by atoms with Crippen molar-refractivity contribution in [1.29, 1.82) is 0 Å². The van der Waals surface area contributed by atoms with E-state index >= 15 is 0 Å². The summed E-state index contributed by atoms with van der Waals surface area (Å²) in [6.07, 6.45) is -1.69. The number of nitrogens with two attached hydrogens (primary N) is 1. The Kier molecular flexibility index (Phi) is 7.97. The fourth-order valence-corrected chi connectivity index (χ4v) is 7.46. The quantitative estimate of drug-likeness (QED) is 0.234. The fourth-order valence-electron chi connectivity index (χ4n) is 7.46. The molecule has 14 nitrogen and oxygen atoms in total. The summed E-state index contributed by atoms with van der Waals surface area (Å²) in [4.78, 5) is 70.0. The van der Waals surface area contributed by atoms with Gasteiger partial charge in [0.25, 0.3) is 5.91 Å². The molecule has 248 valence electrons. The van der Waals surface area contributed by atoms with Crippen LogP contribution in [0.15, 0.2) is 40.9 Å². The zero-order valence-electron chi connectivity index (χ0n) is 26.4. The molecule has 1 saturated heterocycles. The lowest BCUT2D eigenvalue weighted by Crippen LogP contribution is -2.69. The molecule has 14 heteroatoms. The average Bonchev–Trinajstić information content (AvgIpc) is 3.44. The number of hydrogen-bond acceptors (Lipinski definition) is 12. The largest absolute Gasteiger partial charge is 0.510 e. The van der Waals surface area contributed by atoms with Crippen molar-refractivity contribution in [3.63, 3.8) is 0 Å². The second-order valence-electron chi connectivity index (χ2n) is 13.5. The third-order valence-electron chi connectivity index (χ3n) is 9.37. The topological polar surface area (TPSA) is 217 Å². The van der Waals surface area contributed by atoms with E-state index in [-0.39, 0.29) is 18.5 Å². The number of benzene rings is 1. The van der Waals surface area contributed by atoms with Crippen molar-refractivity contribution in [2.24, 2.45) is 17.6 Å². The molecule has 1 aromatic rings. The molecule has 1 heterocycles. The molecule has 4 aliphatic rings. The first kappa shape index (κ1) is 32.9. The van der Waals surface area contributed by atoms with Gasteiger partial charge in [-0.05, 0) is 65.3 Å². The molecule has 1 aromatic carbocycles. The van der Waals surface area contributed by atoms with E-state index in [1.54, 1.807) is 33.8 Å². The number of carbonyl (C=O) groups excluding carboxylic acids is 5. The molecule has 1 fully saturated rings. The minimum absolute atomic E-state index is 0.173. The Labute approximate surface area is 265 Å². The van der Waals surface area contributed by atoms with Crippen LogP contribution in [0.3, 0.4) is 0 Å². The fraction of sp³-hybridized carbons (Fsp3) is 0.531. The summed E-state index contributed by atoms with van der Waals surface area (Å²) in [6.45, 7) is 6.88. The summed E-state index contributed by atoms with van der Waals surface area (Å²) in [5, 5.41) is 45.9. The molecule has 0 aromatic heterocycles. The highest BCUT2D eigenvalue weighted by Gasteiger charge is 2.68. The molecule has 7 atom stereocenters. The molecule has 0 bridgehead atoms. The Balaban J connectivity index is 1.71. The number of ketones is 2. The van der Waals surface area contributed by atoms with Gasteiger partial charge in [0.2, 0.25) is 5.78 Å². The molecule has 1 aliphatic heterocycles. The van der Waals surface area contributed by atoms with Crippen molar-refractivity contribution in [1.82, 2.24) is 9.80 Å². The molecule has 0 saturated carbocycles. The summed E-state index contributed by atoms with van der Waals surface area (Å²) in [5.74, 6) is -10.7. The highest BCUT2D eigenvalue weighted by atomic mass is 16.6. The van der Waals surface area contributed by atoms with E-state index in [4.69, 9.17) is 15.2 Å². The lowest BCUT2D eigenvalue weighted by molar-refractivity contribution is -0.183. The number of esters is 1. The Morgan fingerprint density at radius 3 is 2.35 bits per heavy atom. The number of phenols is 1. The zero-order chi connectivity index (χ0) is 34.2. The number of phenolic OH excluding ortho intramolecular Hbond substituents is 1. The van der Waals surface area contributed by atoms with Crippen molar-refractivity contribution < 1.29 is 53.9 Å². The third-order valence-corrected chi connectivity index (χ3v) is 9.37. The summed E-state index contributed by atoms with van der Waals surface area (Å²) in [5.41, 5.74) is 0.223. The van der Waals surface area contributed by atoms with Gasteiger partial charge in [0, 0.05) is 18.0 Å². The Morgan fingerprint density at radius 1 is 1.11 bits per heavy atom. The number of aliphatic hydroxyl groups is 3. The van der Waals surface area contributed by atoms with E-state index in [9.17, 15) is 44.4 Å². The monoisotopic (exact) mass is 641 g/mol. The number of likely N-dealkylation sites (tertiary alicyclic amines) is 1. The summed E-state index contributed by atoms with van der Waals surface area (Å²) in [7, 11) is 2.93.